The Labute approximate surface area is 144 Å². The topological polar surface area (TPSA) is 12.9 Å². The Kier molecular flexibility index (Phi) is 2.34. The number of rotatable bonds is 0. The molecule has 116 valence electrons. The van der Waals surface area contributed by atoms with Crippen molar-refractivity contribution in [2.24, 2.45) is 0 Å². The van der Waals surface area contributed by atoms with Crippen LogP contribution in [0.15, 0.2) is 72.9 Å². The van der Waals surface area contributed by atoms with Gasteiger partial charge in [-0.3, -0.25) is 4.98 Å². The molecule has 0 aliphatic heterocycles. The van der Waals surface area contributed by atoms with Gasteiger partial charge in [0.25, 0.3) is 0 Å². The van der Waals surface area contributed by atoms with Crippen LogP contribution in [-0.4, -0.2) is 4.98 Å². The monoisotopic (exact) mass is 317 g/mol. The van der Waals surface area contributed by atoms with Crippen molar-refractivity contribution in [2.75, 3.05) is 0 Å². The third-order valence-corrected chi connectivity index (χ3v) is 5.61. The summed E-state index contributed by atoms with van der Waals surface area (Å²) in [5, 5.41) is 11.7. The predicted octanol–water partition coefficient (Wildman–Crippen LogP) is 6.59. The van der Waals surface area contributed by atoms with Crippen LogP contribution >= 0.6 is 0 Å². The van der Waals surface area contributed by atoms with Crippen molar-refractivity contribution in [1.29, 1.82) is 0 Å². The van der Waals surface area contributed by atoms with Crippen LogP contribution in [0.4, 0.5) is 0 Å². The van der Waals surface area contributed by atoms with Gasteiger partial charge in [-0.05, 0) is 62.3 Å². The second-order valence-corrected chi connectivity index (χ2v) is 6.87. The summed E-state index contributed by atoms with van der Waals surface area (Å²) in [7, 11) is 0. The molecule has 1 heterocycles. The van der Waals surface area contributed by atoms with Gasteiger partial charge in [-0.25, -0.2) is 0 Å². The van der Waals surface area contributed by atoms with Gasteiger partial charge in [0.1, 0.15) is 0 Å². The van der Waals surface area contributed by atoms with Gasteiger partial charge in [-0.2, -0.15) is 0 Å². The molecule has 0 unspecified atom stereocenters. The zero-order valence-electron chi connectivity index (χ0n) is 13.9. The number of hydrogen-bond acceptors (Lipinski definition) is 1. The molecule has 0 saturated carbocycles. The summed E-state index contributed by atoms with van der Waals surface area (Å²) >= 11 is 0. The van der Waals surface area contributed by atoms with Gasteiger partial charge in [0, 0.05) is 17.0 Å². The van der Waals surface area contributed by atoms with Crippen LogP contribution in [0.2, 0.25) is 0 Å². The predicted molar refractivity (Wildman–Crippen MR) is 108 cm³/mol. The largest absolute Gasteiger partial charge is 0.256 e. The molecule has 6 rings (SSSR count). The van der Waals surface area contributed by atoms with E-state index in [4.69, 9.17) is 4.98 Å². The Morgan fingerprint density at radius 2 is 1.36 bits per heavy atom. The third-order valence-electron chi connectivity index (χ3n) is 5.61. The van der Waals surface area contributed by atoms with Crippen LogP contribution in [0.5, 0.6) is 0 Å². The lowest BCUT2D eigenvalue weighted by molar-refractivity contribution is 1.44. The first kappa shape index (κ1) is 13.1. The van der Waals surface area contributed by atoms with E-state index in [0.29, 0.717) is 0 Å². The molecule has 0 aliphatic rings. The summed E-state index contributed by atoms with van der Waals surface area (Å²) in [5.74, 6) is 0. The fourth-order valence-corrected chi connectivity index (χ4v) is 4.52. The van der Waals surface area contributed by atoms with E-state index in [1.54, 1.807) is 0 Å². The normalized spacial score (nSPS) is 12.2. The molecule has 0 spiro atoms. The van der Waals surface area contributed by atoms with Gasteiger partial charge in [0.05, 0.1) is 5.52 Å². The van der Waals surface area contributed by atoms with Crippen molar-refractivity contribution in [1.82, 2.24) is 4.98 Å². The van der Waals surface area contributed by atoms with Crippen molar-refractivity contribution < 1.29 is 0 Å². The molecule has 6 aromatic rings. The van der Waals surface area contributed by atoms with Gasteiger partial charge in [0.15, 0.2) is 0 Å². The first-order valence-electron chi connectivity index (χ1n) is 8.66. The van der Waals surface area contributed by atoms with Crippen LogP contribution < -0.4 is 0 Å². The fourth-order valence-electron chi connectivity index (χ4n) is 4.52. The van der Waals surface area contributed by atoms with E-state index < -0.39 is 0 Å². The van der Waals surface area contributed by atoms with Crippen LogP contribution in [0.25, 0.3) is 54.0 Å². The van der Waals surface area contributed by atoms with Gasteiger partial charge >= 0.3 is 0 Å². The molecule has 0 amide bonds. The van der Waals surface area contributed by atoms with Crippen LogP contribution in [0.1, 0.15) is 5.56 Å². The van der Waals surface area contributed by atoms with Crippen LogP contribution in [-0.2, 0) is 0 Å². The summed E-state index contributed by atoms with van der Waals surface area (Å²) in [6, 6.07) is 24.2. The van der Waals surface area contributed by atoms with E-state index in [1.807, 2.05) is 6.20 Å². The van der Waals surface area contributed by atoms with E-state index in [2.05, 4.69) is 73.7 Å². The maximum Gasteiger partial charge on any atom is 0.0793 e. The lowest BCUT2D eigenvalue weighted by Gasteiger charge is -2.16. The molecule has 0 fully saturated rings. The molecule has 25 heavy (non-hydrogen) atoms. The van der Waals surface area contributed by atoms with Gasteiger partial charge in [-0.15, -0.1) is 0 Å². The van der Waals surface area contributed by atoms with Crippen molar-refractivity contribution in [3.05, 3.63) is 78.5 Å². The lowest BCUT2D eigenvalue weighted by Crippen LogP contribution is -1.91. The van der Waals surface area contributed by atoms with Gasteiger partial charge in [0.2, 0.25) is 0 Å². The number of nitrogens with zero attached hydrogens (tertiary/aromatic N) is 1. The summed E-state index contributed by atoms with van der Waals surface area (Å²) in [5.41, 5.74) is 2.46. The molecule has 1 aromatic heterocycles. The zero-order valence-corrected chi connectivity index (χ0v) is 13.9. The quantitative estimate of drug-likeness (QED) is 0.227. The fraction of sp³-hybridized carbons (Fsp3) is 0.0417. The highest BCUT2D eigenvalue weighted by Gasteiger charge is 2.16. The van der Waals surface area contributed by atoms with E-state index >= 15 is 0 Å². The Balaban J connectivity index is 2.09. The molecular formula is C24H15N. The highest BCUT2D eigenvalue weighted by atomic mass is 14.7. The number of hydrogen-bond donors (Lipinski definition) is 0. The molecule has 1 heteroatoms. The van der Waals surface area contributed by atoms with E-state index in [1.165, 1.54) is 54.0 Å². The van der Waals surface area contributed by atoms with Gasteiger partial charge < -0.3 is 0 Å². The number of pyridine rings is 1. The Bertz CT molecular complexity index is 1440. The number of fused-ring (bicyclic) bond motifs is 4. The van der Waals surface area contributed by atoms with Crippen LogP contribution in [0, 0.1) is 6.92 Å². The van der Waals surface area contributed by atoms with Crippen molar-refractivity contribution in [3.63, 3.8) is 0 Å². The maximum absolute atomic E-state index is 4.81. The number of benzene rings is 5. The lowest BCUT2D eigenvalue weighted by atomic mass is 9.88. The molecule has 1 nitrogen and oxygen atoms in total. The number of aromatic nitrogens is 1. The molecule has 0 N–H and O–H groups in total. The van der Waals surface area contributed by atoms with Crippen molar-refractivity contribution >= 4 is 54.0 Å². The first-order chi connectivity index (χ1) is 12.3. The zero-order chi connectivity index (χ0) is 16.5. The highest BCUT2D eigenvalue weighted by molar-refractivity contribution is 6.34. The molecule has 0 radical (unpaired) electrons. The molecule has 0 atom stereocenters. The summed E-state index contributed by atoms with van der Waals surface area (Å²) in [4.78, 5) is 4.81. The van der Waals surface area contributed by atoms with Gasteiger partial charge in [-0.1, -0.05) is 54.6 Å². The average Bonchev–Trinajstić information content (AvgIpc) is 2.67. The molecule has 0 aliphatic carbocycles. The molecule has 0 saturated heterocycles. The molecule has 0 bridgehead atoms. The standard InChI is InChI=1S/C24H15N/c1-14-18-7-3-2-5-17(18)13-20-21(14)19-8-4-6-15-9-10-16-11-12-25-24(20)23(16)22(15)19/h2-13H,1H3. The molecular weight excluding hydrogens is 302 g/mol. The maximum atomic E-state index is 4.81. The highest BCUT2D eigenvalue weighted by Crippen LogP contribution is 2.42. The third kappa shape index (κ3) is 1.56. The Morgan fingerprint density at radius 1 is 0.600 bits per heavy atom. The van der Waals surface area contributed by atoms with Crippen molar-refractivity contribution in [3.8, 4) is 0 Å². The molecule has 5 aromatic carbocycles. The SMILES string of the molecule is Cc1c2ccccc2cc2c3nccc4ccc5cccc(c12)c5c43. The Hall–Kier alpha value is -3.19. The second kappa shape index (κ2) is 4.46. The minimum absolute atomic E-state index is 1.12. The summed E-state index contributed by atoms with van der Waals surface area (Å²) < 4.78 is 0. The second-order valence-electron chi connectivity index (χ2n) is 6.87. The Morgan fingerprint density at radius 3 is 2.28 bits per heavy atom. The first-order valence-corrected chi connectivity index (χ1v) is 8.66. The van der Waals surface area contributed by atoms with Crippen molar-refractivity contribution in [2.45, 2.75) is 6.92 Å². The minimum atomic E-state index is 1.12. The number of aryl methyl sites for hydroxylation is 1. The van der Waals surface area contributed by atoms with E-state index in [-0.39, 0.29) is 0 Å². The average molecular weight is 317 g/mol. The van der Waals surface area contributed by atoms with E-state index in [0.717, 1.165) is 5.52 Å². The minimum Gasteiger partial charge on any atom is -0.256 e. The summed E-state index contributed by atoms with van der Waals surface area (Å²) in [6.07, 6.45) is 1.94. The van der Waals surface area contributed by atoms with E-state index in [9.17, 15) is 0 Å². The summed E-state index contributed by atoms with van der Waals surface area (Å²) in [6.45, 7) is 2.24. The smallest absolute Gasteiger partial charge is 0.0793 e. The van der Waals surface area contributed by atoms with Crippen LogP contribution in [0.3, 0.4) is 0 Å².